The lowest BCUT2D eigenvalue weighted by Gasteiger charge is -2.07. The molecule has 0 saturated carbocycles. The van der Waals surface area contributed by atoms with Gasteiger partial charge in [0.1, 0.15) is 11.3 Å². The first-order valence-electron chi connectivity index (χ1n) is 7.97. The minimum atomic E-state index is -0.350. The number of imidazole rings is 1. The first-order valence-corrected chi connectivity index (χ1v) is 7.97. The Balaban J connectivity index is 1.93. The van der Waals surface area contributed by atoms with Crippen LogP contribution in [0.25, 0.3) is 11.2 Å². The zero-order valence-corrected chi connectivity index (χ0v) is 13.6. The number of phenols is 1. The van der Waals surface area contributed by atoms with E-state index in [1.165, 1.54) is 4.57 Å². The number of nitrogens with two attached hydrogens (primary N) is 1. The number of fused-ring (bicyclic) bond motifs is 1. The van der Waals surface area contributed by atoms with Gasteiger partial charge in [-0.15, -0.1) is 0 Å². The molecule has 6 N–H and O–H groups in total. The van der Waals surface area contributed by atoms with Crippen LogP contribution in [-0.2, 0) is 6.54 Å². The number of aliphatic hydroxyl groups is 1. The molecule has 2 aromatic heterocycles. The number of aromatic nitrogens is 4. The van der Waals surface area contributed by atoms with Crippen molar-refractivity contribution in [2.45, 2.75) is 19.4 Å². The van der Waals surface area contributed by atoms with E-state index in [0.717, 1.165) is 12.0 Å². The Bertz CT molecular complexity index is 933. The summed E-state index contributed by atoms with van der Waals surface area (Å²) in [5, 5.41) is 21.4. The van der Waals surface area contributed by atoms with Crippen molar-refractivity contribution in [3.63, 3.8) is 0 Å². The van der Waals surface area contributed by atoms with Gasteiger partial charge in [0.15, 0.2) is 11.5 Å². The molecular formula is C16H20N6O3. The zero-order chi connectivity index (χ0) is 17.8. The maximum absolute atomic E-state index is 12.3. The van der Waals surface area contributed by atoms with Crippen molar-refractivity contribution in [2.24, 2.45) is 0 Å². The minimum Gasteiger partial charge on any atom is -0.508 e. The van der Waals surface area contributed by atoms with Crippen LogP contribution in [0.3, 0.4) is 0 Å². The predicted octanol–water partition coefficient (Wildman–Crippen LogP) is 0.640. The van der Waals surface area contributed by atoms with Gasteiger partial charge in [-0.05, 0) is 30.5 Å². The van der Waals surface area contributed by atoms with Crippen molar-refractivity contribution in [2.75, 3.05) is 24.2 Å². The number of H-pyrrole nitrogens is 1. The molecule has 1 aromatic carbocycles. The normalized spacial score (nSPS) is 11.1. The third-order valence-corrected chi connectivity index (χ3v) is 3.77. The molecule has 0 fully saturated rings. The van der Waals surface area contributed by atoms with Crippen LogP contribution >= 0.6 is 0 Å². The fraction of sp³-hybridized carbons (Fsp3) is 0.312. The van der Waals surface area contributed by atoms with Crippen LogP contribution in [0.15, 0.2) is 29.1 Å². The van der Waals surface area contributed by atoms with Crippen LogP contribution < -0.4 is 16.7 Å². The van der Waals surface area contributed by atoms with Crippen LogP contribution in [0.4, 0.5) is 11.8 Å². The van der Waals surface area contributed by atoms with E-state index in [4.69, 9.17) is 10.8 Å². The Hall–Kier alpha value is -3.07. The number of rotatable bonds is 7. The molecule has 9 heteroatoms. The highest BCUT2D eigenvalue weighted by atomic mass is 16.3. The molecule has 0 spiro atoms. The van der Waals surface area contributed by atoms with Gasteiger partial charge in [-0.1, -0.05) is 12.1 Å². The molecule has 0 radical (unpaired) electrons. The third kappa shape index (κ3) is 3.72. The van der Waals surface area contributed by atoms with Crippen LogP contribution in [-0.4, -0.2) is 42.9 Å². The molecule has 3 aromatic rings. The van der Waals surface area contributed by atoms with Gasteiger partial charge in [-0.2, -0.15) is 9.97 Å². The van der Waals surface area contributed by atoms with E-state index in [-0.39, 0.29) is 30.4 Å². The van der Waals surface area contributed by atoms with Crippen molar-refractivity contribution in [3.8, 4) is 5.75 Å². The number of hydrogen-bond acceptors (Lipinski definition) is 7. The molecule has 0 bridgehead atoms. The van der Waals surface area contributed by atoms with Crippen molar-refractivity contribution in [1.29, 1.82) is 0 Å². The summed E-state index contributed by atoms with van der Waals surface area (Å²) in [6, 6.07) is 6.67. The first kappa shape index (κ1) is 16.8. The first-order chi connectivity index (χ1) is 12.1. The van der Waals surface area contributed by atoms with Gasteiger partial charge < -0.3 is 26.2 Å². The Kier molecular flexibility index (Phi) is 4.85. The zero-order valence-electron chi connectivity index (χ0n) is 13.6. The van der Waals surface area contributed by atoms with Crippen LogP contribution in [0.1, 0.15) is 18.4 Å². The number of nitrogens with one attached hydrogen (secondary N) is 2. The molecule has 9 nitrogen and oxygen atoms in total. The Morgan fingerprint density at radius 3 is 2.88 bits per heavy atom. The number of aliphatic hydroxyl groups excluding tert-OH is 1. The average molecular weight is 344 g/mol. The molecule has 3 rings (SSSR count). The number of nitrogens with zero attached hydrogens (tertiary/aromatic N) is 3. The molecule has 0 atom stereocenters. The fourth-order valence-corrected chi connectivity index (χ4v) is 2.55. The molecule has 0 unspecified atom stereocenters. The summed E-state index contributed by atoms with van der Waals surface area (Å²) in [4.78, 5) is 23.5. The topological polar surface area (TPSA) is 142 Å². The van der Waals surface area contributed by atoms with E-state index in [2.05, 4.69) is 20.3 Å². The molecule has 0 aliphatic rings. The Morgan fingerprint density at radius 2 is 2.12 bits per heavy atom. The van der Waals surface area contributed by atoms with Gasteiger partial charge in [-0.3, -0.25) is 4.57 Å². The summed E-state index contributed by atoms with van der Waals surface area (Å²) >= 11 is 0. The summed E-state index contributed by atoms with van der Waals surface area (Å²) < 4.78 is 1.45. The van der Waals surface area contributed by atoms with Crippen molar-refractivity contribution in [3.05, 3.63) is 40.3 Å². The lowest BCUT2D eigenvalue weighted by molar-refractivity contribution is 0.286. The van der Waals surface area contributed by atoms with Gasteiger partial charge in [0, 0.05) is 13.2 Å². The number of aromatic hydroxyl groups is 1. The van der Waals surface area contributed by atoms with Gasteiger partial charge in [0.05, 0.1) is 6.54 Å². The number of unbranched alkanes of at least 4 members (excludes halogenated alkanes) is 1. The largest absolute Gasteiger partial charge is 0.508 e. The number of anilines is 2. The highest BCUT2D eigenvalue weighted by molar-refractivity contribution is 5.82. The second-order valence-corrected chi connectivity index (χ2v) is 5.67. The molecule has 25 heavy (non-hydrogen) atoms. The lowest BCUT2D eigenvalue weighted by Crippen LogP contribution is -2.18. The summed E-state index contributed by atoms with van der Waals surface area (Å²) in [5.74, 6) is 0.638. The van der Waals surface area contributed by atoms with E-state index in [9.17, 15) is 9.90 Å². The van der Waals surface area contributed by atoms with E-state index < -0.39 is 0 Å². The maximum Gasteiger partial charge on any atom is 0.328 e. The number of hydrogen-bond donors (Lipinski definition) is 5. The summed E-state index contributed by atoms with van der Waals surface area (Å²) in [5.41, 5.74) is 7.12. The minimum absolute atomic E-state index is 0.130. The van der Waals surface area contributed by atoms with Gasteiger partial charge in [0.25, 0.3) is 0 Å². The van der Waals surface area contributed by atoms with Crippen LogP contribution in [0, 0.1) is 0 Å². The maximum atomic E-state index is 12.3. The smallest absolute Gasteiger partial charge is 0.328 e. The predicted molar refractivity (Wildman–Crippen MR) is 94.6 cm³/mol. The van der Waals surface area contributed by atoms with Crippen molar-refractivity contribution >= 4 is 22.9 Å². The number of phenolic OH excluding ortho intramolecular Hbond substituents is 1. The Labute approximate surface area is 143 Å². The highest BCUT2D eigenvalue weighted by Crippen LogP contribution is 2.18. The van der Waals surface area contributed by atoms with E-state index >= 15 is 0 Å². The average Bonchev–Trinajstić information content (AvgIpc) is 2.89. The Morgan fingerprint density at radius 1 is 1.28 bits per heavy atom. The molecule has 0 amide bonds. The molecule has 2 heterocycles. The molecule has 0 saturated heterocycles. The number of aromatic amines is 1. The summed E-state index contributed by atoms with van der Waals surface area (Å²) in [7, 11) is 0. The van der Waals surface area contributed by atoms with E-state index in [1.807, 2.05) is 6.07 Å². The van der Waals surface area contributed by atoms with E-state index in [1.54, 1.807) is 18.2 Å². The second kappa shape index (κ2) is 7.22. The lowest BCUT2D eigenvalue weighted by atomic mass is 10.2. The highest BCUT2D eigenvalue weighted by Gasteiger charge is 2.14. The van der Waals surface area contributed by atoms with E-state index in [0.29, 0.717) is 30.1 Å². The van der Waals surface area contributed by atoms with Crippen LogP contribution in [0.5, 0.6) is 5.75 Å². The number of benzene rings is 1. The molecular weight excluding hydrogens is 324 g/mol. The fourth-order valence-electron chi connectivity index (χ4n) is 2.55. The summed E-state index contributed by atoms with van der Waals surface area (Å²) in [6.45, 7) is 0.964. The molecule has 132 valence electrons. The van der Waals surface area contributed by atoms with Crippen molar-refractivity contribution < 1.29 is 10.2 Å². The molecule has 0 aliphatic heterocycles. The van der Waals surface area contributed by atoms with Gasteiger partial charge in [-0.25, -0.2) is 4.79 Å². The monoisotopic (exact) mass is 344 g/mol. The summed E-state index contributed by atoms with van der Waals surface area (Å²) in [6.07, 6.45) is 1.44. The quantitative estimate of drug-likeness (QED) is 0.396. The van der Waals surface area contributed by atoms with Crippen LogP contribution in [0.2, 0.25) is 0 Å². The van der Waals surface area contributed by atoms with Gasteiger partial charge >= 0.3 is 5.69 Å². The van der Waals surface area contributed by atoms with Gasteiger partial charge in [0.2, 0.25) is 5.95 Å². The second-order valence-electron chi connectivity index (χ2n) is 5.67. The SMILES string of the molecule is Nc1nc(NCCCCO)nc2c1[nH]c(=O)n2Cc1cccc(O)c1. The van der Waals surface area contributed by atoms with Crippen molar-refractivity contribution in [1.82, 2.24) is 19.5 Å². The standard InChI is InChI=1S/C16H20N6O3/c17-13-12-14(21-15(20-13)18-6-1-2-7-23)22(16(25)19-12)9-10-4-3-5-11(24)8-10/h3-5,8,23-24H,1-2,6-7,9H2,(H,19,25)(H3,17,18,20,21). The molecule has 0 aliphatic carbocycles. The number of nitrogen functional groups attached to an aromatic ring is 1. The third-order valence-electron chi connectivity index (χ3n) is 3.77.